The number of amides is 1. The molecule has 1 N–H and O–H groups in total. The van der Waals surface area contributed by atoms with Crippen molar-refractivity contribution < 1.29 is 14.0 Å². The first-order valence-electron chi connectivity index (χ1n) is 9.31. The van der Waals surface area contributed by atoms with E-state index in [1.54, 1.807) is 22.9 Å². The number of para-hydroxylation sites is 1. The molecule has 4 rings (SSSR count). The molecule has 4 aromatic rings. The van der Waals surface area contributed by atoms with Gasteiger partial charge in [-0.3, -0.25) is 9.59 Å². The van der Waals surface area contributed by atoms with E-state index in [0.717, 1.165) is 11.1 Å². The highest BCUT2D eigenvalue weighted by molar-refractivity contribution is 6.16. The third-order valence-electron chi connectivity index (χ3n) is 4.80. The molecule has 0 spiro atoms. The maximum absolute atomic E-state index is 14.1. The number of hydrogen-bond donors (Lipinski definition) is 1. The zero-order valence-electron chi connectivity index (χ0n) is 15.6. The standard InChI is InChI=1S/C24H19FN2O2/c25-21-12-6-4-11-19(21)24(29)20-15-27(22-13-7-5-10-18(20)22)16-23(28)26-14-17-8-2-1-3-9-17/h1-13,15H,14,16H2,(H,26,28). The summed E-state index contributed by atoms with van der Waals surface area (Å²) in [6.45, 7) is 0.498. The maximum Gasteiger partial charge on any atom is 0.240 e. The van der Waals surface area contributed by atoms with Gasteiger partial charge >= 0.3 is 0 Å². The molecule has 1 heterocycles. The fourth-order valence-electron chi connectivity index (χ4n) is 3.36. The van der Waals surface area contributed by atoms with Crippen molar-refractivity contribution in [2.45, 2.75) is 13.1 Å². The summed E-state index contributed by atoms with van der Waals surface area (Å²) in [4.78, 5) is 25.4. The minimum Gasteiger partial charge on any atom is -0.350 e. The van der Waals surface area contributed by atoms with E-state index in [2.05, 4.69) is 5.32 Å². The molecule has 0 unspecified atom stereocenters. The Bertz CT molecular complexity index is 1180. The zero-order chi connectivity index (χ0) is 20.2. The zero-order valence-corrected chi connectivity index (χ0v) is 15.6. The Hall–Kier alpha value is -3.73. The van der Waals surface area contributed by atoms with Crippen molar-refractivity contribution in [1.82, 2.24) is 9.88 Å². The second-order valence-corrected chi connectivity index (χ2v) is 6.76. The van der Waals surface area contributed by atoms with Crippen LogP contribution in [0.1, 0.15) is 21.5 Å². The lowest BCUT2D eigenvalue weighted by Gasteiger charge is -2.07. The van der Waals surface area contributed by atoms with E-state index in [4.69, 9.17) is 0 Å². The summed E-state index contributed by atoms with van der Waals surface area (Å²) in [5.41, 5.74) is 2.15. The molecule has 0 saturated carbocycles. The molecular formula is C24H19FN2O2. The first-order chi connectivity index (χ1) is 14.1. The van der Waals surface area contributed by atoms with Crippen molar-refractivity contribution in [3.8, 4) is 0 Å². The Morgan fingerprint density at radius 3 is 2.31 bits per heavy atom. The number of benzene rings is 3. The van der Waals surface area contributed by atoms with Gasteiger partial charge in [-0.15, -0.1) is 0 Å². The van der Waals surface area contributed by atoms with E-state index < -0.39 is 11.6 Å². The van der Waals surface area contributed by atoms with Crippen molar-refractivity contribution in [2.24, 2.45) is 0 Å². The van der Waals surface area contributed by atoms with E-state index in [0.29, 0.717) is 17.5 Å². The molecule has 4 nitrogen and oxygen atoms in total. The van der Waals surface area contributed by atoms with Gasteiger partial charge in [0.1, 0.15) is 12.4 Å². The van der Waals surface area contributed by atoms with Gasteiger partial charge in [0.2, 0.25) is 5.91 Å². The minimum absolute atomic E-state index is 0.0175. The lowest BCUT2D eigenvalue weighted by Crippen LogP contribution is -2.26. The van der Waals surface area contributed by atoms with Gasteiger partial charge in [0.05, 0.1) is 5.56 Å². The first-order valence-corrected chi connectivity index (χ1v) is 9.31. The largest absolute Gasteiger partial charge is 0.350 e. The van der Waals surface area contributed by atoms with Gasteiger partial charge in [0.25, 0.3) is 0 Å². The number of aromatic nitrogens is 1. The summed E-state index contributed by atoms with van der Waals surface area (Å²) in [6.07, 6.45) is 1.63. The van der Waals surface area contributed by atoms with Crippen LogP contribution in [0.15, 0.2) is 85.1 Å². The number of halogens is 1. The monoisotopic (exact) mass is 386 g/mol. The fourth-order valence-corrected chi connectivity index (χ4v) is 3.36. The normalized spacial score (nSPS) is 10.8. The number of carbonyl (C=O) groups excluding carboxylic acids is 2. The van der Waals surface area contributed by atoms with Crippen LogP contribution in [-0.4, -0.2) is 16.3 Å². The third-order valence-corrected chi connectivity index (χ3v) is 4.80. The molecule has 1 amide bonds. The number of ketones is 1. The summed E-state index contributed by atoms with van der Waals surface area (Å²) < 4.78 is 15.8. The lowest BCUT2D eigenvalue weighted by atomic mass is 10.0. The summed E-state index contributed by atoms with van der Waals surface area (Å²) in [5.74, 6) is -1.13. The SMILES string of the molecule is O=C(Cn1cc(C(=O)c2ccccc2F)c2ccccc21)NCc1ccccc1. The van der Waals surface area contributed by atoms with Crippen LogP contribution in [0, 0.1) is 5.82 Å². The van der Waals surface area contributed by atoms with Crippen LogP contribution in [0.5, 0.6) is 0 Å². The van der Waals surface area contributed by atoms with Crippen LogP contribution in [0.2, 0.25) is 0 Å². The Kier molecular flexibility index (Phi) is 5.20. The summed E-state index contributed by atoms with van der Waals surface area (Å²) in [6, 6.07) is 22.9. The smallest absolute Gasteiger partial charge is 0.240 e. The van der Waals surface area contributed by atoms with Crippen molar-refractivity contribution in [1.29, 1.82) is 0 Å². The second-order valence-electron chi connectivity index (χ2n) is 6.76. The predicted molar refractivity (Wildman–Crippen MR) is 110 cm³/mol. The number of nitrogens with one attached hydrogen (secondary N) is 1. The van der Waals surface area contributed by atoms with Crippen molar-refractivity contribution in [2.75, 3.05) is 0 Å². The predicted octanol–water partition coefficient (Wildman–Crippen LogP) is 4.33. The molecule has 0 aliphatic rings. The minimum atomic E-state index is -0.560. The third kappa shape index (κ3) is 3.94. The number of nitrogens with zero attached hydrogens (tertiary/aromatic N) is 1. The maximum atomic E-state index is 14.1. The highest BCUT2D eigenvalue weighted by atomic mass is 19.1. The van der Waals surface area contributed by atoms with Crippen molar-refractivity contribution in [3.63, 3.8) is 0 Å². The van der Waals surface area contributed by atoms with E-state index in [1.807, 2.05) is 54.6 Å². The summed E-state index contributed by atoms with van der Waals surface area (Å²) in [5, 5.41) is 3.58. The second kappa shape index (κ2) is 8.10. The van der Waals surface area contributed by atoms with Crippen LogP contribution in [0.3, 0.4) is 0 Å². The van der Waals surface area contributed by atoms with Crippen LogP contribution in [0.4, 0.5) is 4.39 Å². The van der Waals surface area contributed by atoms with Gasteiger partial charge < -0.3 is 9.88 Å². The Balaban J connectivity index is 1.60. The van der Waals surface area contributed by atoms with Gasteiger partial charge in [-0.2, -0.15) is 0 Å². The van der Waals surface area contributed by atoms with Crippen LogP contribution in [-0.2, 0) is 17.9 Å². The molecule has 3 aromatic carbocycles. The lowest BCUT2D eigenvalue weighted by molar-refractivity contribution is -0.121. The van der Waals surface area contributed by atoms with E-state index >= 15 is 0 Å². The Labute approximate surface area is 167 Å². The van der Waals surface area contributed by atoms with Gasteiger partial charge in [-0.1, -0.05) is 60.7 Å². The summed E-state index contributed by atoms with van der Waals surface area (Å²) in [7, 11) is 0. The van der Waals surface area contributed by atoms with Crippen LogP contribution < -0.4 is 5.32 Å². The van der Waals surface area contributed by atoms with E-state index in [1.165, 1.54) is 12.1 Å². The molecule has 5 heteroatoms. The van der Waals surface area contributed by atoms with Crippen molar-refractivity contribution in [3.05, 3.63) is 108 Å². The van der Waals surface area contributed by atoms with Gasteiger partial charge in [0, 0.05) is 29.2 Å². The quantitative estimate of drug-likeness (QED) is 0.502. The van der Waals surface area contributed by atoms with E-state index in [-0.39, 0.29) is 18.0 Å². The van der Waals surface area contributed by atoms with Gasteiger partial charge in [0.15, 0.2) is 5.78 Å². The highest BCUT2D eigenvalue weighted by Gasteiger charge is 2.19. The van der Waals surface area contributed by atoms with Crippen LogP contribution >= 0.6 is 0 Å². The fraction of sp³-hybridized carbons (Fsp3) is 0.0833. The van der Waals surface area contributed by atoms with Crippen LogP contribution in [0.25, 0.3) is 10.9 Å². The van der Waals surface area contributed by atoms with Gasteiger partial charge in [-0.05, 0) is 23.8 Å². The average Bonchev–Trinajstić information content (AvgIpc) is 3.11. The highest BCUT2D eigenvalue weighted by Crippen LogP contribution is 2.24. The van der Waals surface area contributed by atoms with Crippen molar-refractivity contribution >= 4 is 22.6 Å². The molecule has 0 radical (unpaired) electrons. The molecule has 29 heavy (non-hydrogen) atoms. The summed E-state index contributed by atoms with van der Waals surface area (Å²) >= 11 is 0. The topological polar surface area (TPSA) is 51.1 Å². The molecule has 0 atom stereocenters. The first kappa shape index (κ1) is 18.6. The molecule has 0 bridgehead atoms. The van der Waals surface area contributed by atoms with E-state index in [9.17, 15) is 14.0 Å². The molecule has 1 aromatic heterocycles. The number of fused-ring (bicyclic) bond motifs is 1. The van der Waals surface area contributed by atoms with Gasteiger partial charge in [-0.25, -0.2) is 4.39 Å². The number of carbonyl (C=O) groups is 2. The molecule has 144 valence electrons. The Morgan fingerprint density at radius 2 is 1.52 bits per heavy atom. The molecule has 0 aliphatic heterocycles. The molecule has 0 aliphatic carbocycles. The molecule has 0 saturated heterocycles. The Morgan fingerprint density at radius 1 is 0.828 bits per heavy atom. The molecule has 0 fully saturated rings. The number of hydrogen-bond acceptors (Lipinski definition) is 2. The number of rotatable bonds is 6. The molecular weight excluding hydrogens is 367 g/mol. The average molecular weight is 386 g/mol.